The van der Waals surface area contributed by atoms with Gasteiger partial charge in [-0.3, -0.25) is 14.4 Å². The van der Waals surface area contributed by atoms with Crippen LogP contribution in [-0.4, -0.2) is 53.7 Å². The van der Waals surface area contributed by atoms with Gasteiger partial charge in [-0.2, -0.15) is 0 Å². The van der Waals surface area contributed by atoms with Gasteiger partial charge in [0.1, 0.15) is 5.41 Å². The molecule has 24 heavy (non-hydrogen) atoms. The van der Waals surface area contributed by atoms with Crippen molar-refractivity contribution < 1.29 is 19.4 Å². The summed E-state index contributed by atoms with van der Waals surface area (Å²) >= 11 is 0. The van der Waals surface area contributed by atoms with E-state index < -0.39 is 11.4 Å². The molecule has 1 aromatic rings. The third kappa shape index (κ3) is 3.84. The Labute approximate surface area is 140 Å². The van der Waals surface area contributed by atoms with Crippen LogP contribution in [0.3, 0.4) is 0 Å². The average molecular weight is 336 g/mol. The van der Waals surface area contributed by atoms with Crippen LogP contribution in [0, 0.1) is 11.3 Å². The van der Waals surface area contributed by atoms with Crippen LogP contribution in [0.25, 0.3) is 0 Å². The number of rotatable bonds is 6. The van der Waals surface area contributed by atoms with E-state index in [2.05, 4.69) is 4.98 Å². The quantitative estimate of drug-likeness (QED) is 0.811. The molecule has 1 amide bonds. The number of pyridine rings is 1. The molecule has 1 saturated heterocycles. The Morgan fingerprint density at radius 3 is 2.71 bits per heavy atom. The number of carbonyl (C=O) groups is 2. The Morgan fingerprint density at radius 2 is 2.12 bits per heavy atom. The van der Waals surface area contributed by atoms with E-state index in [0.29, 0.717) is 36.6 Å². The van der Waals surface area contributed by atoms with E-state index in [4.69, 9.17) is 4.74 Å². The zero-order valence-corrected chi connectivity index (χ0v) is 14.3. The molecule has 2 heterocycles. The number of nitrogens with zero attached hydrogens (tertiary/aromatic N) is 1. The number of amides is 1. The highest BCUT2D eigenvalue weighted by Gasteiger charge is 2.46. The van der Waals surface area contributed by atoms with E-state index >= 15 is 0 Å². The minimum atomic E-state index is -1.08. The fourth-order valence-electron chi connectivity index (χ4n) is 3.13. The molecule has 1 fully saturated rings. The highest BCUT2D eigenvalue weighted by atomic mass is 16.5. The maximum Gasteiger partial charge on any atom is 0.313 e. The highest BCUT2D eigenvalue weighted by molar-refractivity contribution is 5.95. The number of carboxylic acids is 1. The van der Waals surface area contributed by atoms with Gasteiger partial charge in [0.05, 0.1) is 6.61 Å². The summed E-state index contributed by atoms with van der Waals surface area (Å²) in [5.74, 6) is -0.935. The number of hydrogen-bond acceptors (Lipinski definition) is 4. The highest BCUT2D eigenvalue weighted by Crippen LogP contribution is 2.32. The molecule has 132 valence electrons. The topological polar surface area (TPSA) is 99.7 Å². The molecule has 0 bridgehead atoms. The van der Waals surface area contributed by atoms with Crippen LogP contribution >= 0.6 is 0 Å². The van der Waals surface area contributed by atoms with Crippen molar-refractivity contribution >= 4 is 11.9 Å². The van der Waals surface area contributed by atoms with E-state index in [-0.39, 0.29) is 24.6 Å². The van der Waals surface area contributed by atoms with E-state index in [1.54, 1.807) is 6.07 Å². The average Bonchev–Trinajstić information content (AvgIpc) is 2.91. The fourth-order valence-corrected chi connectivity index (χ4v) is 3.13. The van der Waals surface area contributed by atoms with Gasteiger partial charge in [0.2, 0.25) is 5.56 Å². The van der Waals surface area contributed by atoms with Crippen LogP contribution in [-0.2, 0) is 16.0 Å². The van der Waals surface area contributed by atoms with Crippen molar-refractivity contribution in [1.29, 1.82) is 0 Å². The van der Waals surface area contributed by atoms with Crippen LogP contribution in [0.1, 0.15) is 36.3 Å². The molecular formula is C17H24N2O5. The van der Waals surface area contributed by atoms with Crippen molar-refractivity contribution in [2.75, 3.05) is 26.8 Å². The molecule has 1 aromatic heterocycles. The second kappa shape index (κ2) is 7.17. The number of likely N-dealkylation sites (tertiary alicyclic amines) is 1. The lowest BCUT2D eigenvalue weighted by Crippen LogP contribution is -2.40. The molecule has 0 spiro atoms. The molecule has 0 aliphatic carbocycles. The van der Waals surface area contributed by atoms with Gasteiger partial charge in [-0.25, -0.2) is 0 Å². The van der Waals surface area contributed by atoms with Gasteiger partial charge in [-0.15, -0.1) is 0 Å². The second-order valence-corrected chi connectivity index (χ2v) is 6.85. The first kappa shape index (κ1) is 18.2. The number of aromatic nitrogens is 1. The predicted octanol–water partition coefficient (Wildman–Crippen LogP) is 1.14. The largest absolute Gasteiger partial charge is 0.481 e. The summed E-state index contributed by atoms with van der Waals surface area (Å²) in [6, 6.07) is 2.95. The molecule has 1 atom stereocenters. The lowest BCUT2D eigenvalue weighted by atomic mass is 9.88. The molecular weight excluding hydrogens is 312 g/mol. The third-order valence-corrected chi connectivity index (χ3v) is 4.29. The van der Waals surface area contributed by atoms with E-state index in [1.807, 2.05) is 13.8 Å². The summed E-state index contributed by atoms with van der Waals surface area (Å²) in [6.07, 6.45) is 1.00. The number of H-pyrrole nitrogens is 1. The summed E-state index contributed by atoms with van der Waals surface area (Å²) < 4.78 is 5.03. The number of ether oxygens (including phenoxy) is 1. The SMILES string of the molecule is COCC1(C(=O)O)CCN(C(=O)c2cc(CC(C)C)[nH]c(=O)c2)C1. The van der Waals surface area contributed by atoms with Crippen LogP contribution in [0.5, 0.6) is 0 Å². The number of aliphatic carboxylic acids is 1. The van der Waals surface area contributed by atoms with Crippen molar-refractivity contribution in [2.24, 2.45) is 11.3 Å². The Morgan fingerprint density at radius 1 is 1.42 bits per heavy atom. The number of nitrogens with one attached hydrogen (secondary N) is 1. The summed E-state index contributed by atoms with van der Waals surface area (Å²) in [6.45, 7) is 4.53. The lowest BCUT2D eigenvalue weighted by molar-refractivity contribution is -0.151. The Hall–Kier alpha value is -2.15. The van der Waals surface area contributed by atoms with Crippen LogP contribution < -0.4 is 5.56 Å². The normalized spacial score (nSPS) is 20.6. The zero-order chi connectivity index (χ0) is 17.9. The number of carbonyl (C=O) groups excluding carboxylic acids is 1. The summed E-state index contributed by atoms with van der Waals surface area (Å²) in [7, 11) is 1.45. The van der Waals surface area contributed by atoms with Crippen molar-refractivity contribution in [3.8, 4) is 0 Å². The van der Waals surface area contributed by atoms with Gasteiger partial charge >= 0.3 is 5.97 Å². The minimum absolute atomic E-state index is 0.0556. The van der Waals surface area contributed by atoms with Gasteiger partial charge in [0.15, 0.2) is 0 Å². The first-order chi connectivity index (χ1) is 11.3. The summed E-state index contributed by atoms with van der Waals surface area (Å²) in [5.41, 5.74) is -0.390. The molecule has 7 nitrogen and oxygen atoms in total. The minimum Gasteiger partial charge on any atom is -0.481 e. The van der Waals surface area contributed by atoms with Crippen molar-refractivity contribution in [2.45, 2.75) is 26.7 Å². The monoisotopic (exact) mass is 336 g/mol. The van der Waals surface area contributed by atoms with Gasteiger partial charge in [-0.05, 0) is 24.8 Å². The van der Waals surface area contributed by atoms with Crippen molar-refractivity contribution in [3.63, 3.8) is 0 Å². The fraction of sp³-hybridized carbons (Fsp3) is 0.588. The first-order valence-corrected chi connectivity index (χ1v) is 8.02. The van der Waals surface area contributed by atoms with Crippen LogP contribution in [0.2, 0.25) is 0 Å². The van der Waals surface area contributed by atoms with E-state index in [9.17, 15) is 19.5 Å². The van der Waals surface area contributed by atoms with E-state index in [0.717, 1.165) is 0 Å². The molecule has 0 aromatic carbocycles. The second-order valence-electron chi connectivity index (χ2n) is 6.85. The standard InChI is InChI=1S/C17H24N2O5/c1-11(2)6-13-7-12(8-14(20)18-13)15(21)19-5-4-17(9-19,10-24-3)16(22)23/h7-8,11H,4-6,9-10H2,1-3H3,(H,18,20)(H,22,23). The predicted molar refractivity (Wildman–Crippen MR) is 88.1 cm³/mol. The Balaban J connectivity index is 2.22. The number of methoxy groups -OCH3 is 1. The number of hydrogen-bond donors (Lipinski definition) is 2. The molecule has 2 N–H and O–H groups in total. The molecule has 1 unspecified atom stereocenters. The van der Waals surface area contributed by atoms with E-state index in [1.165, 1.54) is 18.1 Å². The smallest absolute Gasteiger partial charge is 0.313 e. The van der Waals surface area contributed by atoms with Crippen LogP contribution in [0.4, 0.5) is 0 Å². The van der Waals surface area contributed by atoms with Crippen LogP contribution in [0.15, 0.2) is 16.9 Å². The third-order valence-electron chi connectivity index (χ3n) is 4.29. The molecule has 0 saturated carbocycles. The number of aromatic amines is 1. The molecule has 1 aliphatic rings. The number of carboxylic acid groups (broad SMARTS) is 1. The Bertz CT molecular complexity index is 682. The van der Waals surface area contributed by atoms with Crippen molar-refractivity contribution in [1.82, 2.24) is 9.88 Å². The van der Waals surface area contributed by atoms with Crippen molar-refractivity contribution in [3.05, 3.63) is 33.7 Å². The van der Waals surface area contributed by atoms with Gasteiger partial charge < -0.3 is 19.7 Å². The molecule has 2 rings (SSSR count). The van der Waals surface area contributed by atoms with Gasteiger partial charge in [0, 0.05) is 37.5 Å². The molecule has 0 radical (unpaired) electrons. The summed E-state index contributed by atoms with van der Waals surface area (Å²) in [5, 5.41) is 9.48. The zero-order valence-electron chi connectivity index (χ0n) is 14.3. The van der Waals surface area contributed by atoms with Gasteiger partial charge in [-0.1, -0.05) is 13.8 Å². The summed E-state index contributed by atoms with van der Waals surface area (Å²) in [4.78, 5) is 40.3. The maximum atomic E-state index is 12.7. The molecule has 1 aliphatic heterocycles. The molecule has 7 heteroatoms. The van der Waals surface area contributed by atoms with Gasteiger partial charge in [0.25, 0.3) is 5.91 Å². The lowest BCUT2D eigenvalue weighted by Gasteiger charge is -2.23. The maximum absolute atomic E-state index is 12.7. The first-order valence-electron chi connectivity index (χ1n) is 8.02. The Kier molecular flexibility index (Phi) is 5.43.